The summed E-state index contributed by atoms with van der Waals surface area (Å²) in [6.45, 7) is 1.98. The number of thiazole rings is 2. The Balaban J connectivity index is 0.000000140. The number of aromatic nitrogens is 2. The number of hydrogen-bond donors (Lipinski definition) is 0. The number of hydrogen-bond acceptors (Lipinski definition) is 4. The molecule has 0 aliphatic rings. The van der Waals surface area contributed by atoms with Crippen LogP contribution < -0.4 is 0 Å². The molecule has 2 heterocycles. The van der Waals surface area contributed by atoms with Gasteiger partial charge in [0.2, 0.25) is 0 Å². The second-order valence-corrected chi connectivity index (χ2v) is 6.93. The van der Waals surface area contributed by atoms with Crippen LogP contribution in [0.5, 0.6) is 0 Å². The molecule has 2 aromatic rings. The molecule has 0 fully saturated rings. The first-order valence-corrected chi connectivity index (χ1v) is 7.56. The van der Waals surface area contributed by atoms with Crippen LogP contribution in [0.3, 0.4) is 0 Å². The lowest BCUT2D eigenvalue weighted by atomic mass is 10.8. The Morgan fingerprint density at radius 1 is 1.00 bits per heavy atom. The first-order chi connectivity index (χ1) is 6.58. The molecule has 0 amide bonds. The average Bonchev–Trinajstić information content (AvgIpc) is 2.63. The van der Waals surface area contributed by atoms with Gasteiger partial charge in [0, 0.05) is 10.8 Å². The number of aryl methyl sites for hydroxylation is 1. The van der Waals surface area contributed by atoms with Crippen LogP contribution in [0.25, 0.3) is 0 Å². The molecule has 0 radical (unpaired) electrons. The van der Waals surface area contributed by atoms with Crippen molar-refractivity contribution in [1.82, 2.24) is 9.97 Å². The van der Waals surface area contributed by atoms with Crippen LogP contribution in [0, 0.1) is 6.92 Å². The highest BCUT2D eigenvalue weighted by Crippen LogP contribution is 2.19. The second-order valence-electron chi connectivity index (χ2n) is 2.11. The van der Waals surface area contributed by atoms with Crippen LogP contribution in [-0.2, 0) is 0 Å². The van der Waals surface area contributed by atoms with E-state index in [4.69, 9.17) is 0 Å². The molecule has 0 aliphatic heterocycles. The minimum Gasteiger partial charge on any atom is -0.235 e. The summed E-state index contributed by atoms with van der Waals surface area (Å²) in [4.78, 5) is 8.01. The van der Waals surface area contributed by atoms with E-state index in [1.165, 1.54) is 0 Å². The Labute approximate surface area is 115 Å². The SMILES string of the molecule is Brc1csc(Br)n1.Cc1nc(Br)cs1. The normalized spacial score (nSPS) is 9.43. The third-order valence-electron chi connectivity index (χ3n) is 1.04. The minimum atomic E-state index is 0.893. The Hall–Kier alpha value is 0.700. The minimum absolute atomic E-state index is 0.893. The van der Waals surface area contributed by atoms with E-state index in [0.29, 0.717) is 0 Å². The Kier molecular flexibility index (Phi) is 5.76. The first-order valence-electron chi connectivity index (χ1n) is 3.42. The molecule has 0 unspecified atom stereocenters. The summed E-state index contributed by atoms with van der Waals surface area (Å²) in [6.07, 6.45) is 0. The summed E-state index contributed by atoms with van der Waals surface area (Å²) >= 11 is 12.9. The van der Waals surface area contributed by atoms with Crippen molar-refractivity contribution in [2.24, 2.45) is 0 Å². The van der Waals surface area contributed by atoms with Gasteiger partial charge in [-0.2, -0.15) is 0 Å². The first kappa shape index (κ1) is 12.8. The predicted molar refractivity (Wildman–Crippen MR) is 72.1 cm³/mol. The van der Waals surface area contributed by atoms with Gasteiger partial charge in [0.05, 0.1) is 5.01 Å². The molecular formula is C7H5Br3N2S2. The molecule has 14 heavy (non-hydrogen) atoms. The van der Waals surface area contributed by atoms with Crippen LogP contribution >= 0.6 is 70.5 Å². The molecule has 0 spiro atoms. The monoisotopic (exact) mass is 418 g/mol. The van der Waals surface area contributed by atoms with E-state index in [1.807, 2.05) is 17.7 Å². The van der Waals surface area contributed by atoms with Crippen molar-refractivity contribution in [3.05, 3.63) is 28.9 Å². The van der Waals surface area contributed by atoms with E-state index in [0.717, 1.165) is 18.1 Å². The van der Waals surface area contributed by atoms with Crippen molar-refractivity contribution >= 4 is 70.5 Å². The molecule has 0 N–H and O–H groups in total. The molecule has 76 valence electrons. The number of halogens is 3. The summed E-state index contributed by atoms with van der Waals surface area (Å²) in [5.74, 6) is 0. The fourth-order valence-corrected chi connectivity index (χ4v) is 3.39. The lowest BCUT2D eigenvalue weighted by Gasteiger charge is -1.69. The van der Waals surface area contributed by atoms with E-state index in [-0.39, 0.29) is 0 Å². The Bertz CT molecular complexity index is 328. The maximum Gasteiger partial charge on any atom is 0.160 e. The largest absolute Gasteiger partial charge is 0.235 e. The van der Waals surface area contributed by atoms with Gasteiger partial charge >= 0.3 is 0 Å². The molecule has 2 rings (SSSR count). The predicted octanol–water partition coefficient (Wildman–Crippen LogP) is 4.88. The second kappa shape index (κ2) is 6.32. The van der Waals surface area contributed by atoms with Crippen molar-refractivity contribution in [2.45, 2.75) is 6.92 Å². The molecule has 2 aromatic heterocycles. The molecule has 0 aromatic carbocycles. The van der Waals surface area contributed by atoms with Crippen LogP contribution in [0.4, 0.5) is 0 Å². The van der Waals surface area contributed by atoms with E-state index in [1.54, 1.807) is 22.7 Å². The molecule has 0 atom stereocenters. The van der Waals surface area contributed by atoms with Crippen LogP contribution in [0.15, 0.2) is 23.9 Å². The highest BCUT2D eigenvalue weighted by Gasteiger charge is 1.90. The number of rotatable bonds is 0. The van der Waals surface area contributed by atoms with Gasteiger partial charge in [-0.3, -0.25) is 0 Å². The van der Waals surface area contributed by atoms with Gasteiger partial charge in [-0.05, 0) is 54.7 Å². The van der Waals surface area contributed by atoms with Crippen molar-refractivity contribution in [2.75, 3.05) is 0 Å². The average molecular weight is 421 g/mol. The van der Waals surface area contributed by atoms with Crippen LogP contribution in [0.2, 0.25) is 0 Å². The summed E-state index contributed by atoms with van der Waals surface area (Å²) in [7, 11) is 0. The Morgan fingerprint density at radius 2 is 1.57 bits per heavy atom. The van der Waals surface area contributed by atoms with Gasteiger partial charge in [-0.15, -0.1) is 22.7 Å². The van der Waals surface area contributed by atoms with Gasteiger partial charge in [-0.1, -0.05) is 0 Å². The van der Waals surface area contributed by atoms with Crippen molar-refractivity contribution in [3.63, 3.8) is 0 Å². The van der Waals surface area contributed by atoms with E-state index >= 15 is 0 Å². The quantitative estimate of drug-likeness (QED) is 0.606. The highest BCUT2D eigenvalue weighted by atomic mass is 79.9. The molecule has 0 saturated heterocycles. The summed E-state index contributed by atoms with van der Waals surface area (Å²) in [5, 5.41) is 4.99. The maximum absolute atomic E-state index is 4.05. The Morgan fingerprint density at radius 3 is 1.71 bits per heavy atom. The van der Waals surface area contributed by atoms with Crippen molar-refractivity contribution in [1.29, 1.82) is 0 Å². The molecule has 0 aliphatic carbocycles. The summed E-state index contributed by atoms with van der Waals surface area (Å²) < 4.78 is 2.75. The van der Waals surface area contributed by atoms with Gasteiger partial charge in [-0.25, -0.2) is 9.97 Å². The molecule has 0 saturated carbocycles. The number of nitrogens with zero attached hydrogens (tertiary/aromatic N) is 2. The van der Waals surface area contributed by atoms with E-state index < -0.39 is 0 Å². The third-order valence-corrected chi connectivity index (χ3v) is 4.60. The topological polar surface area (TPSA) is 25.8 Å². The van der Waals surface area contributed by atoms with Crippen LogP contribution in [-0.4, -0.2) is 9.97 Å². The van der Waals surface area contributed by atoms with Gasteiger partial charge in [0.15, 0.2) is 3.92 Å². The van der Waals surface area contributed by atoms with Gasteiger partial charge in [0.1, 0.15) is 9.21 Å². The third kappa shape index (κ3) is 4.97. The molecule has 2 nitrogen and oxygen atoms in total. The zero-order valence-electron chi connectivity index (χ0n) is 7.00. The summed E-state index contributed by atoms with van der Waals surface area (Å²) in [6, 6.07) is 0. The lowest BCUT2D eigenvalue weighted by Crippen LogP contribution is -1.61. The van der Waals surface area contributed by atoms with E-state index in [9.17, 15) is 0 Å². The maximum atomic E-state index is 4.05. The van der Waals surface area contributed by atoms with E-state index in [2.05, 4.69) is 57.8 Å². The van der Waals surface area contributed by atoms with Crippen LogP contribution in [0.1, 0.15) is 5.01 Å². The molecule has 7 heteroatoms. The fraction of sp³-hybridized carbons (Fsp3) is 0.143. The molecular weight excluding hydrogens is 416 g/mol. The highest BCUT2D eigenvalue weighted by molar-refractivity contribution is 9.11. The smallest absolute Gasteiger partial charge is 0.160 e. The van der Waals surface area contributed by atoms with Gasteiger partial charge < -0.3 is 0 Å². The zero-order valence-corrected chi connectivity index (χ0v) is 13.4. The standard InChI is InChI=1S/C4H4BrNS.C3HBr2NS/c1-3-6-4(5)2-7-3;4-2-1-7-3(5)6-2/h2H,1H3;1H. The van der Waals surface area contributed by atoms with Crippen molar-refractivity contribution in [3.8, 4) is 0 Å². The fourth-order valence-electron chi connectivity index (χ4n) is 0.571. The lowest BCUT2D eigenvalue weighted by molar-refractivity contribution is 1.26. The summed E-state index contributed by atoms with van der Waals surface area (Å²) in [5.41, 5.74) is 0. The molecule has 0 bridgehead atoms. The zero-order chi connectivity index (χ0) is 10.6. The van der Waals surface area contributed by atoms with Gasteiger partial charge in [0.25, 0.3) is 0 Å². The van der Waals surface area contributed by atoms with Crippen molar-refractivity contribution < 1.29 is 0 Å².